The Bertz CT molecular complexity index is 732. The minimum atomic E-state index is 0.523. The molecule has 0 fully saturated rings. The fourth-order valence-electron chi connectivity index (χ4n) is 1.94. The molecule has 1 aromatic heterocycles. The number of hydrogen-bond acceptors (Lipinski definition) is 1. The molecule has 4 heteroatoms. The van der Waals surface area contributed by atoms with E-state index < -0.39 is 0 Å². The Kier molecular flexibility index (Phi) is 2.77. The first-order valence-corrected chi connectivity index (χ1v) is 6.31. The van der Waals surface area contributed by atoms with Crippen LogP contribution in [0.25, 0.3) is 22.4 Å². The van der Waals surface area contributed by atoms with Crippen LogP contribution >= 0.6 is 23.2 Å². The number of aryl methyl sites for hydroxylation is 1. The molecule has 1 heterocycles. The topological polar surface area (TPSA) is 28.7 Å². The Morgan fingerprint density at radius 3 is 2.78 bits per heavy atom. The third-order valence-electron chi connectivity index (χ3n) is 2.84. The van der Waals surface area contributed by atoms with Crippen LogP contribution in [-0.4, -0.2) is 9.97 Å². The second-order valence-corrected chi connectivity index (χ2v) is 4.99. The van der Waals surface area contributed by atoms with Gasteiger partial charge in [0, 0.05) is 5.56 Å². The molecule has 0 radical (unpaired) electrons. The molecule has 18 heavy (non-hydrogen) atoms. The lowest BCUT2D eigenvalue weighted by molar-refractivity contribution is 1.34. The van der Waals surface area contributed by atoms with Gasteiger partial charge < -0.3 is 4.98 Å². The van der Waals surface area contributed by atoms with E-state index in [0.29, 0.717) is 10.0 Å². The molecule has 0 saturated carbocycles. The Labute approximate surface area is 115 Å². The van der Waals surface area contributed by atoms with Crippen molar-refractivity contribution in [2.24, 2.45) is 0 Å². The number of nitrogens with zero attached hydrogens (tertiary/aromatic N) is 1. The SMILES string of the molecule is Cc1ccc2nc(-c3cccc(Cl)c3Cl)[nH]c2c1. The number of hydrogen-bond donors (Lipinski definition) is 1. The van der Waals surface area contributed by atoms with Crippen molar-refractivity contribution in [1.29, 1.82) is 0 Å². The van der Waals surface area contributed by atoms with E-state index in [-0.39, 0.29) is 0 Å². The Morgan fingerprint density at radius 1 is 1.11 bits per heavy atom. The van der Waals surface area contributed by atoms with Gasteiger partial charge in [0.1, 0.15) is 5.82 Å². The molecule has 0 saturated heterocycles. The molecule has 0 bridgehead atoms. The molecule has 0 aliphatic heterocycles. The largest absolute Gasteiger partial charge is 0.338 e. The van der Waals surface area contributed by atoms with E-state index in [1.54, 1.807) is 6.07 Å². The summed E-state index contributed by atoms with van der Waals surface area (Å²) in [5, 5.41) is 1.06. The van der Waals surface area contributed by atoms with Gasteiger partial charge in [0.2, 0.25) is 0 Å². The zero-order valence-electron chi connectivity index (χ0n) is 9.67. The summed E-state index contributed by atoms with van der Waals surface area (Å²) in [5.74, 6) is 0.739. The highest BCUT2D eigenvalue weighted by molar-refractivity contribution is 6.43. The van der Waals surface area contributed by atoms with Gasteiger partial charge in [-0.1, -0.05) is 35.3 Å². The van der Waals surface area contributed by atoms with Gasteiger partial charge in [0.15, 0.2) is 0 Å². The van der Waals surface area contributed by atoms with Crippen molar-refractivity contribution in [2.45, 2.75) is 6.92 Å². The number of benzene rings is 2. The smallest absolute Gasteiger partial charge is 0.140 e. The highest BCUT2D eigenvalue weighted by atomic mass is 35.5. The maximum absolute atomic E-state index is 6.19. The Balaban J connectivity index is 2.22. The summed E-state index contributed by atoms with van der Waals surface area (Å²) in [6.07, 6.45) is 0. The maximum Gasteiger partial charge on any atom is 0.140 e. The van der Waals surface area contributed by atoms with E-state index in [1.165, 1.54) is 5.56 Å². The Morgan fingerprint density at radius 2 is 1.94 bits per heavy atom. The van der Waals surface area contributed by atoms with E-state index in [4.69, 9.17) is 23.2 Å². The van der Waals surface area contributed by atoms with E-state index >= 15 is 0 Å². The molecule has 0 aliphatic rings. The molecule has 0 atom stereocenters. The van der Waals surface area contributed by atoms with Gasteiger partial charge >= 0.3 is 0 Å². The molecular weight excluding hydrogens is 267 g/mol. The normalized spacial score (nSPS) is 11.1. The van der Waals surface area contributed by atoms with Crippen LogP contribution in [-0.2, 0) is 0 Å². The van der Waals surface area contributed by atoms with Crippen molar-refractivity contribution in [2.75, 3.05) is 0 Å². The number of rotatable bonds is 1. The van der Waals surface area contributed by atoms with Crippen LogP contribution in [0.4, 0.5) is 0 Å². The van der Waals surface area contributed by atoms with Crippen molar-refractivity contribution in [3.63, 3.8) is 0 Å². The lowest BCUT2D eigenvalue weighted by Crippen LogP contribution is -1.82. The van der Waals surface area contributed by atoms with Crippen LogP contribution < -0.4 is 0 Å². The number of aromatic nitrogens is 2. The van der Waals surface area contributed by atoms with Crippen LogP contribution in [0.1, 0.15) is 5.56 Å². The molecule has 3 aromatic rings. The van der Waals surface area contributed by atoms with Crippen LogP contribution in [0, 0.1) is 6.92 Å². The fraction of sp³-hybridized carbons (Fsp3) is 0.0714. The van der Waals surface area contributed by atoms with Crippen molar-refractivity contribution >= 4 is 34.2 Å². The van der Waals surface area contributed by atoms with Gasteiger partial charge in [-0.15, -0.1) is 0 Å². The monoisotopic (exact) mass is 276 g/mol. The van der Waals surface area contributed by atoms with Crippen molar-refractivity contribution in [1.82, 2.24) is 9.97 Å². The number of aromatic amines is 1. The first-order chi connectivity index (χ1) is 8.65. The van der Waals surface area contributed by atoms with Gasteiger partial charge in [-0.25, -0.2) is 4.98 Å². The molecule has 0 unspecified atom stereocenters. The summed E-state index contributed by atoms with van der Waals surface area (Å²) in [6.45, 7) is 2.05. The molecular formula is C14H10Cl2N2. The third kappa shape index (κ3) is 1.88. The third-order valence-corrected chi connectivity index (χ3v) is 3.66. The minimum Gasteiger partial charge on any atom is -0.338 e. The number of fused-ring (bicyclic) bond motifs is 1. The molecule has 0 aliphatic carbocycles. The predicted octanol–water partition coefficient (Wildman–Crippen LogP) is 4.85. The first-order valence-electron chi connectivity index (χ1n) is 5.56. The summed E-state index contributed by atoms with van der Waals surface area (Å²) in [4.78, 5) is 7.79. The molecule has 1 N–H and O–H groups in total. The second-order valence-electron chi connectivity index (χ2n) is 4.21. The summed E-state index contributed by atoms with van der Waals surface area (Å²) in [6, 6.07) is 11.6. The van der Waals surface area contributed by atoms with Gasteiger partial charge in [0.25, 0.3) is 0 Å². The number of H-pyrrole nitrogens is 1. The quantitative estimate of drug-likeness (QED) is 0.677. The highest BCUT2D eigenvalue weighted by Gasteiger charge is 2.10. The minimum absolute atomic E-state index is 0.523. The summed E-state index contributed by atoms with van der Waals surface area (Å²) < 4.78 is 0. The zero-order chi connectivity index (χ0) is 12.7. The predicted molar refractivity (Wildman–Crippen MR) is 76.3 cm³/mol. The Hall–Kier alpha value is -1.51. The molecule has 0 amide bonds. The van der Waals surface area contributed by atoms with Gasteiger partial charge in [0.05, 0.1) is 21.1 Å². The average Bonchev–Trinajstić information content (AvgIpc) is 2.75. The number of imidazole rings is 1. The first kappa shape index (κ1) is 11.6. The fourth-order valence-corrected chi connectivity index (χ4v) is 2.33. The zero-order valence-corrected chi connectivity index (χ0v) is 11.2. The molecule has 2 nitrogen and oxygen atoms in total. The average molecular weight is 277 g/mol. The number of halogens is 2. The summed E-state index contributed by atoms with van der Waals surface area (Å²) in [5.41, 5.74) is 3.93. The molecule has 0 spiro atoms. The van der Waals surface area contributed by atoms with E-state index in [0.717, 1.165) is 22.4 Å². The van der Waals surface area contributed by atoms with Crippen LogP contribution in [0.15, 0.2) is 36.4 Å². The highest BCUT2D eigenvalue weighted by Crippen LogP contribution is 2.32. The van der Waals surface area contributed by atoms with E-state index in [1.807, 2.05) is 31.2 Å². The maximum atomic E-state index is 6.19. The lowest BCUT2D eigenvalue weighted by Gasteiger charge is -2.01. The van der Waals surface area contributed by atoms with Crippen LogP contribution in [0.2, 0.25) is 10.0 Å². The van der Waals surface area contributed by atoms with Crippen LogP contribution in [0.3, 0.4) is 0 Å². The van der Waals surface area contributed by atoms with E-state index in [9.17, 15) is 0 Å². The molecule has 90 valence electrons. The van der Waals surface area contributed by atoms with Crippen molar-refractivity contribution in [3.05, 3.63) is 52.0 Å². The second kappa shape index (κ2) is 4.30. The number of nitrogens with one attached hydrogen (secondary N) is 1. The van der Waals surface area contributed by atoms with Crippen molar-refractivity contribution < 1.29 is 0 Å². The summed E-state index contributed by atoms with van der Waals surface area (Å²) in [7, 11) is 0. The van der Waals surface area contributed by atoms with Gasteiger partial charge in [-0.2, -0.15) is 0 Å². The lowest BCUT2D eigenvalue weighted by atomic mass is 10.2. The van der Waals surface area contributed by atoms with Crippen molar-refractivity contribution in [3.8, 4) is 11.4 Å². The molecule has 3 rings (SSSR count). The molecule has 2 aromatic carbocycles. The van der Waals surface area contributed by atoms with E-state index in [2.05, 4.69) is 16.0 Å². The standard InChI is InChI=1S/C14H10Cl2N2/c1-8-5-6-11-12(7-8)18-14(17-11)9-3-2-4-10(15)13(9)16/h2-7H,1H3,(H,17,18). The van der Waals surface area contributed by atoms with Gasteiger partial charge in [-0.3, -0.25) is 0 Å². The summed E-state index contributed by atoms with van der Waals surface area (Å²) >= 11 is 12.2. The van der Waals surface area contributed by atoms with Gasteiger partial charge in [-0.05, 0) is 36.8 Å². The van der Waals surface area contributed by atoms with Crippen LogP contribution in [0.5, 0.6) is 0 Å².